The fourth-order valence-electron chi connectivity index (χ4n) is 4.45. The second kappa shape index (κ2) is 8.72. The monoisotopic (exact) mass is 448 g/mol. The highest BCUT2D eigenvalue weighted by Gasteiger charge is 2.56. The molecule has 6 nitrogen and oxygen atoms in total. The van der Waals surface area contributed by atoms with Gasteiger partial charge in [-0.2, -0.15) is 0 Å². The summed E-state index contributed by atoms with van der Waals surface area (Å²) in [6, 6.07) is -0.0172. The van der Waals surface area contributed by atoms with Crippen LogP contribution in [0.4, 0.5) is 4.79 Å². The maximum absolute atomic E-state index is 13.6. The molecule has 1 aromatic heterocycles. The number of hydrogen-bond acceptors (Lipinski definition) is 3. The first-order valence-corrected chi connectivity index (χ1v) is 12.5. The smallest absolute Gasteiger partial charge is 0.317 e. The lowest BCUT2D eigenvalue weighted by atomic mass is 9.67. The summed E-state index contributed by atoms with van der Waals surface area (Å²) >= 11 is 1.58. The van der Waals surface area contributed by atoms with E-state index >= 15 is 0 Å². The van der Waals surface area contributed by atoms with Gasteiger partial charge in [-0.1, -0.05) is 34.1 Å². The minimum atomic E-state index is -0.599. The number of carbonyl (C=O) groups is 2. The SMILES string of the molecule is CCCCc1cn(C(C)(C)C)s/c1=N\C(=O)[C@]1(C)CC[C@H](NC(=O)N2CCC2)C1(C)C. The lowest BCUT2D eigenvalue weighted by Gasteiger charge is -2.40. The molecule has 1 aromatic rings. The van der Waals surface area contributed by atoms with E-state index in [9.17, 15) is 9.59 Å². The van der Waals surface area contributed by atoms with Crippen molar-refractivity contribution in [2.24, 2.45) is 15.8 Å². The number of likely N-dealkylation sites (tertiary alicyclic amines) is 1. The second-order valence-electron chi connectivity index (χ2n) is 11.0. The number of urea groups is 1. The highest BCUT2D eigenvalue weighted by Crippen LogP contribution is 2.53. The zero-order chi connectivity index (χ0) is 23.0. The van der Waals surface area contributed by atoms with Crippen LogP contribution < -0.4 is 9.99 Å². The summed E-state index contributed by atoms with van der Waals surface area (Å²) in [6.45, 7) is 16.6. The minimum absolute atomic E-state index is 0.00397. The first-order valence-electron chi connectivity index (χ1n) is 11.8. The molecule has 2 atom stereocenters. The third kappa shape index (κ3) is 4.62. The van der Waals surface area contributed by atoms with Crippen molar-refractivity contribution in [2.75, 3.05) is 13.1 Å². The number of aryl methyl sites for hydroxylation is 1. The Labute approximate surface area is 191 Å². The van der Waals surface area contributed by atoms with Crippen molar-refractivity contribution in [3.63, 3.8) is 0 Å². The van der Waals surface area contributed by atoms with Crippen molar-refractivity contribution < 1.29 is 9.59 Å². The van der Waals surface area contributed by atoms with Gasteiger partial charge in [-0.25, -0.2) is 9.79 Å². The predicted octanol–water partition coefficient (Wildman–Crippen LogP) is 4.68. The zero-order valence-electron chi connectivity index (χ0n) is 20.4. The molecule has 2 aliphatic rings. The number of amides is 3. The standard InChI is InChI=1S/C24H40N4O2S/c1-8-9-11-17-16-28(22(2,3)4)31-19(17)26-20(29)24(7)13-12-18(23(24,5)6)25-21(30)27-14-10-15-27/h16,18H,8-15H2,1-7H3,(H,25,30)/b26-19-/t18-,24-/m0/s1. The first kappa shape index (κ1) is 24.0. The van der Waals surface area contributed by atoms with Crippen LogP contribution in [0.2, 0.25) is 0 Å². The van der Waals surface area contributed by atoms with Crippen molar-refractivity contribution in [3.05, 3.63) is 16.4 Å². The fraction of sp³-hybridized carbons (Fsp3) is 0.792. The summed E-state index contributed by atoms with van der Waals surface area (Å²) in [6.07, 6.45) is 7.93. The third-order valence-electron chi connectivity index (χ3n) is 7.54. The molecule has 1 saturated carbocycles. The summed E-state index contributed by atoms with van der Waals surface area (Å²) in [5.74, 6) is -0.0566. The van der Waals surface area contributed by atoms with E-state index in [1.807, 2.05) is 11.8 Å². The highest BCUT2D eigenvalue weighted by molar-refractivity contribution is 7.04. The van der Waals surface area contributed by atoms with Gasteiger partial charge in [-0.05, 0) is 69.8 Å². The Morgan fingerprint density at radius 3 is 2.48 bits per heavy atom. The fourth-order valence-corrected chi connectivity index (χ4v) is 5.48. The van der Waals surface area contributed by atoms with Crippen molar-refractivity contribution in [2.45, 2.75) is 98.6 Å². The van der Waals surface area contributed by atoms with Gasteiger partial charge >= 0.3 is 6.03 Å². The number of rotatable bonds is 5. The van der Waals surface area contributed by atoms with E-state index in [1.54, 1.807) is 11.5 Å². The van der Waals surface area contributed by atoms with Crippen molar-refractivity contribution in [1.29, 1.82) is 0 Å². The molecule has 1 aliphatic carbocycles. The Kier molecular flexibility index (Phi) is 6.76. The molecule has 0 bridgehead atoms. The van der Waals surface area contributed by atoms with Crippen LogP contribution >= 0.6 is 11.5 Å². The molecular formula is C24H40N4O2S. The van der Waals surface area contributed by atoms with E-state index in [-0.39, 0.29) is 28.9 Å². The van der Waals surface area contributed by atoms with Crippen LogP contribution in [-0.2, 0) is 16.8 Å². The minimum Gasteiger partial charge on any atom is -0.335 e. The molecule has 7 heteroatoms. The first-order chi connectivity index (χ1) is 14.4. The molecule has 0 radical (unpaired) electrons. The van der Waals surface area contributed by atoms with Gasteiger partial charge in [0, 0.05) is 36.4 Å². The number of aromatic nitrogens is 1. The Balaban J connectivity index is 1.86. The van der Waals surface area contributed by atoms with Gasteiger partial charge in [0.05, 0.1) is 5.41 Å². The van der Waals surface area contributed by atoms with Gasteiger partial charge < -0.3 is 10.2 Å². The molecule has 3 amide bonds. The molecule has 3 rings (SSSR count). The highest BCUT2D eigenvalue weighted by atomic mass is 32.1. The second-order valence-corrected chi connectivity index (χ2v) is 12.0. The van der Waals surface area contributed by atoms with Crippen LogP contribution in [0.15, 0.2) is 11.2 Å². The molecule has 0 aromatic carbocycles. The molecule has 0 spiro atoms. The Morgan fingerprint density at radius 1 is 1.26 bits per heavy atom. The third-order valence-corrected chi connectivity index (χ3v) is 8.91. The van der Waals surface area contributed by atoms with E-state index < -0.39 is 5.41 Å². The van der Waals surface area contributed by atoms with Gasteiger partial charge in [0.2, 0.25) is 0 Å². The average molecular weight is 449 g/mol. The van der Waals surface area contributed by atoms with Gasteiger partial charge in [-0.15, -0.1) is 0 Å². The maximum Gasteiger partial charge on any atom is 0.317 e. The molecule has 2 heterocycles. The number of hydrogen-bond donors (Lipinski definition) is 1. The average Bonchev–Trinajstić information content (AvgIpc) is 3.13. The number of unbranched alkanes of at least 4 members (excludes halogenated alkanes) is 1. The lowest BCUT2D eigenvalue weighted by molar-refractivity contribution is -0.132. The number of carbonyl (C=O) groups excluding carboxylic acids is 2. The zero-order valence-corrected chi connectivity index (χ0v) is 21.2. The number of nitrogens with zero attached hydrogens (tertiary/aromatic N) is 3. The van der Waals surface area contributed by atoms with Crippen LogP contribution in [0, 0.1) is 10.8 Å². The largest absolute Gasteiger partial charge is 0.335 e. The van der Waals surface area contributed by atoms with E-state index in [2.05, 4.69) is 57.0 Å². The predicted molar refractivity (Wildman–Crippen MR) is 126 cm³/mol. The van der Waals surface area contributed by atoms with E-state index in [1.165, 1.54) is 0 Å². The van der Waals surface area contributed by atoms with Crippen LogP contribution in [0.1, 0.15) is 86.1 Å². The van der Waals surface area contributed by atoms with Crippen molar-refractivity contribution >= 4 is 23.5 Å². The lowest BCUT2D eigenvalue weighted by Crippen LogP contribution is -2.55. The van der Waals surface area contributed by atoms with Gasteiger partial charge in [-0.3, -0.25) is 8.75 Å². The molecule has 2 fully saturated rings. The van der Waals surface area contributed by atoms with E-state index in [0.29, 0.717) is 0 Å². The summed E-state index contributed by atoms with van der Waals surface area (Å²) in [5.41, 5.74) is 0.163. The van der Waals surface area contributed by atoms with E-state index in [0.717, 1.165) is 61.8 Å². The Morgan fingerprint density at radius 2 is 1.94 bits per heavy atom. The topological polar surface area (TPSA) is 66.7 Å². The quantitative estimate of drug-likeness (QED) is 0.710. The summed E-state index contributed by atoms with van der Waals surface area (Å²) in [4.78, 5) is 32.6. The van der Waals surface area contributed by atoms with Crippen molar-refractivity contribution in [1.82, 2.24) is 14.2 Å². The van der Waals surface area contributed by atoms with Crippen LogP contribution in [0.3, 0.4) is 0 Å². The van der Waals surface area contributed by atoms with Gasteiger partial charge in [0.1, 0.15) is 4.67 Å². The van der Waals surface area contributed by atoms with Crippen LogP contribution in [0.25, 0.3) is 0 Å². The molecule has 1 aliphatic heterocycles. The van der Waals surface area contributed by atoms with E-state index in [4.69, 9.17) is 4.99 Å². The van der Waals surface area contributed by atoms with Gasteiger partial charge in [0.15, 0.2) is 0 Å². The molecule has 31 heavy (non-hydrogen) atoms. The summed E-state index contributed by atoms with van der Waals surface area (Å²) in [7, 11) is 0. The molecule has 174 valence electrons. The molecular weight excluding hydrogens is 408 g/mol. The molecule has 0 unspecified atom stereocenters. The maximum atomic E-state index is 13.6. The van der Waals surface area contributed by atoms with Crippen LogP contribution in [-0.4, -0.2) is 39.9 Å². The molecule has 1 saturated heterocycles. The number of nitrogens with one attached hydrogen (secondary N) is 1. The normalized spacial score (nSPS) is 26.1. The van der Waals surface area contributed by atoms with Crippen LogP contribution in [0.5, 0.6) is 0 Å². The molecule has 1 N–H and O–H groups in total. The van der Waals surface area contributed by atoms with Crippen molar-refractivity contribution in [3.8, 4) is 0 Å². The summed E-state index contributed by atoms with van der Waals surface area (Å²) in [5, 5.41) is 3.20. The Hall–Kier alpha value is -1.63. The Bertz CT molecular complexity index is 888. The van der Waals surface area contributed by atoms with Gasteiger partial charge in [0.25, 0.3) is 5.91 Å². The summed E-state index contributed by atoms with van der Waals surface area (Å²) < 4.78 is 3.06.